The Hall–Kier alpha value is -0.190. The van der Waals surface area contributed by atoms with Crippen LogP contribution in [0.1, 0.15) is 11.5 Å². The predicted molar refractivity (Wildman–Crippen MR) is 61.7 cm³/mol. The molecule has 1 rings (SSSR count). The number of aryl methyl sites for hydroxylation is 1. The van der Waals surface area contributed by atoms with Crippen LogP contribution in [0.4, 0.5) is 0 Å². The normalized spacial score (nSPS) is 11.0. The molecule has 1 aromatic rings. The van der Waals surface area contributed by atoms with Crippen LogP contribution in [0.5, 0.6) is 0 Å². The smallest absolute Gasteiger partial charge is 0.147 e. The minimum absolute atomic E-state index is 0.492. The van der Waals surface area contributed by atoms with Crippen LogP contribution in [0.2, 0.25) is 5.15 Å². The summed E-state index contributed by atoms with van der Waals surface area (Å²) in [6.45, 7) is 2.84. The summed E-state index contributed by atoms with van der Waals surface area (Å²) in [5, 5.41) is 0.492. The van der Waals surface area contributed by atoms with E-state index in [-0.39, 0.29) is 0 Å². The quantitative estimate of drug-likeness (QED) is 0.795. The van der Waals surface area contributed by atoms with Gasteiger partial charge in [0.1, 0.15) is 11.0 Å². The fourth-order valence-corrected chi connectivity index (χ4v) is 1.43. The lowest BCUT2D eigenvalue weighted by molar-refractivity contribution is 0.409. The van der Waals surface area contributed by atoms with E-state index in [1.165, 1.54) is 0 Å². The first-order chi connectivity index (χ1) is 6.50. The lowest BCUT2D eigenvalue weighted by Crippen LogP contribution is -2.16. The summed E-state index contributed by atoms with van der Waals surface area (Å²) < 4.78 is 0.785. The number of hydrogen-bond donors (Lipinski definition) is 0. The molecule has 0 fully saturated rings. The van der Waals surface area contributed by atoms with Gasteiger partial charge in [0.25, 0.3) is 0 Å². The van der Waals surface area contributed by atoms with E-state index in [0.29, 0.717) is 5.15 Å². The Morgan fingerprint density at radius 2 is 2.00 bits per heavy atom. The molecule has 0 unspecified atom stereocenters. The standard InChI is InChI=1S/C9H13BrClN3/c1-6-8(10)9(11)13-7(12-6)4-5-14(2)3/h4-5H2,1-3H3. The van der Waals surface area contributed by atoms with Crippen LogP contribution in [0, 0.1) is 6.92 Å². The first-order valence-corrected chi connectivity index (χ1v) is 5.51. The molecule has 78 valence electrons. The van der Waals surface area contributed by atoms with Gasteiger partial charge < -0.3 is 4.90 Å². The molecule has 0 aromatic carbocycles. The van der Waals surface area contributed by atoms with Gasteiger partial charge in [-0.2, -0.15) is 0 Å². The van der Waals surface area contributed by atoms with Gasteiger partial charge in [-0.3, -0.25) is 0 Å². The maximum atomic E-state index is 5.92. The molecule has 0 spiro atoms. The Morgan fingerprint density at radius 3 is 2.50 bits per heavy atom. The largest absolute Gasteiger partial charge is 0.309 e. The zero-order valence-electron chi connectivity index (χ0n) is 8.51. The van der Waals surface area contributed by atoms with Crippen molar-refractivity contribution in [1.29, 1.82) is 0 Å². The van der Waals surface area contributed by atoms with Crippen molar-refractivity contribution in [2.45, 2.75) is 13.3 Å². The van der Waals surface area contributed by atoms with Crippen molar-refractivity contribution in [1.82, 2.24) is 14.9 Å². The highest BCUT2D eigenvalue weighted by Gasteiger charge is 2.07. The first kappa shape index (κ1) is 11.9. The van der Waals surface area contributed by atoms with Crippen molar-refractivity contribution >= 4 is 27.5 Å². The van der Waals surface area contributed by atoms with Crippen molar-refractivity contribution in [2.24, 2.45) is 0 Å². The molecule has 0 radical (unpaired) electrons. The van der Waals surface area contributed by atoms with Gasteiger partial charge in [-0.15, -0.1) is 0 Å². The first-order valence-electron chi connectivity index (χ1n) is 4.34. The molecule has 0 aliphatic rings. The van der Waals surface area contributed by atoms with Crippen LogP contribution < -0.4 is 0 Å². The lowest BCUT2D eigenvalue weighted by Gasteiger charge is -2.09. The average molecular weight is 279 g/mol. The monoisotopic (exact) mass is 277 g/mol. The topological polar surface area (TPSA) is 29.0 Å². The second-order valence-electron chi connectivity index (χ2n) is 3.38. The molecule has 0 bridgehead atoms. The number of halogens is 2. The lowest BCUT2D eigenvalue weighted by atomic mass is 10.3. The van der Waals surface area contributed by atoms with Gasteiger partial charge in [-0.1, -0.05) is 11.6 Å². The van der Waals surface area contributed by atoms with Crippen LogP contribution in [0.25, 0.3) is 0 Å². The fraction of sp³-hybridized carbons (Fsp3) is 0.556. The Bertz CT molecular complexity index is 305. The van der Waals surface area contributed by atoms with E-state index in [9.17, 15) is 0 Å². The van der Waals surface area contributed by atoms with E-state index in [4.69, 9.17) is 11.6 Å². The maximum Gasteiger partial charge on any atom is 0.147 e. The molecule has 3 nitrogen and oxygen atoms in total. The number of hydrogen-bond acceptors (Lipinski definition) is 3. The summed E-state index contributed by atoms with van der Waals surface area (Å²) in [5.41, 5.74) is 0.888. The van der Waals surface area contributed by atoms with Crippen molar-refractivity contribution in [3.63, 3.8) is 0 Å². The van der Waals surface area contributed by atoms with Crippen LogP contribution in [0.3, 0.4) is 0 Å². The third-order valence-corrected chi connectivity index (χ3v) is 3.26. The van der Waals surface area contributed by atoms with Gasteiger partial charge in [-0.25, -0.2) is 9.97 Å². The number of nitrogens with zero attached hydrogens (tertiary/aromatic N) is 3. The van der Waals surface area contributed by atoms with Crippen LogP contribution >= 0.6 is 27.5 Å². The fourth-order valence-electron chi connectivity index (χ4n) is 1.01. The number of rotatable bonds is 3. The van der Waals surface area contributed by atoms with E-state index in [1.807, 2.05) is 21.0 Å². The Kier molecular flexibility index (Phi) is 4.29. The Morgan fingerprint density at radius 1 is 1.36 bits per heavy atom. The van der Waals surface area contributed by atoms with Crippen LogP contribution in [0.15, 0.2) is 4.47 Å². The summed E-state index contributed by atoms with van der Waals surface area (Å²) in [6, 6.07) is 0. The average Bonchev–Trinajstić information content (AvgIpc) is 2.10. The SMILES string of the molecule is Cc1nc(CCN(C)C)nc(Cl)c1Br. The minimum atomic E-state index is 0.492. The summed E-state index contributed by atoms with van der Waals surface area (Å²) in [7, 11) is 4.04. The summed E-state index contributed by atoms with van der Waals surface area (Å²) in [4.78, 5) is 10.6. The zero-order chi connectivity index (χ0) is 10.7. The summed E-state index contributed by atoms with van der Waals surface area (Å²) in [5.74, 6) is 0.796. The Balaban J connectivity index is 2.79. The molecule has 0 atom stereocenters. The van der Waals surface area contributed by atoms with Crippen molar-refractivity contribution in [3.05, 3.63) is 21.1 Å². The summed E-state index contributed by atoms with van der Waals surface area (Å²) in [6.07, 6.45) is 0.820. The van der Waals surface area contributed by atoms with Crippen molar-refractivity contribution < 1.29 is 0 Å². The third-order valence-electron chi connectivity index (χ3n) is 1.81. The molecule has 0 saturated heterocycles. The van der Waals surface area contributed by atoms with Gasteiger partial charge in [0.2, 0.25) is 0 Å². The molecule has 0 aliphatic carbocycles. The van der Waals surface area contributed by atoms with E-state index < -0.39 is 0 Å². The molecule has 14 heavy (non-hydrogen) atoms. The molecule has 1 heterocycles. The molecule has 0 saturated carbocycles. The molecule has 0 N–H and O–H groups in total. The predicted octanol–water partition coefficient (Wildman–Crippen LogP) is 2.31. The van der Waals surface area contributed by atoms with Gasteiger partial charge in [0.15, 0.2) is 0 Å². The minimum Gasteiger partial charge on any atom is -0.309 e. The van der Waals surface area contributed by atoms with Crippen molar-refractivity contribution in [3.8, 4) is 0 Å². The van der Waals surface area contributed by atoms with Gasteiger partial charge in [-0.05, 0) is 36.9 Å². The molecule has 1 aromatic heterocycles. The highest BCUT2D eigenvalue weighted by molar-refractivity contribution is 9.10. The number of aromatic nitrogens is 2. The van der Waals surface area contributed by atoms with Crippen molar-refractivity contribution in [2.75, 3.05) is 20.6 Å². The number of likely N-dealkylation sites (N-methyl/N-ethyl adjacent to an activating group) is 1. The second-order valence-corrected chi connectivity index (χ2v) is 4.53. The van der Waals surface area contributed by atoms with Crippen LogP contribution in [-0.2, 0) is 6.42 Å². The molecular weight excluding hydrogens is 265 g/mol. The van der Waals surface area contributed by atoms with E-state index in [2.05, 4.69) is 30.8 Å². The van der Waals surface area contributed by atoms with Gasteiger partial charge >= 0.3 is 0 Å². The van der Waals surface area contributed by atoms with Gasteiger partial charge in [0.05, 0.1) is 10.2 Å². The van der Waals surface area contributed by atoms with E-state index in [0.717, 1.165) is 29.0 Å². The van der Waals surface area contributed by atoms with Gasteiger partial charge in [0, 0.05) is 13.0 Å². The second kappa shape index (κ2) is 5.05. The highest BCUT2D eigenvalue weighted by Crippen LogP contribution is 2.22. The molecule has 0 aliphatic heterocycles. The molecule has 5 heteroatoms. The molecular formula is C9H13BrClN3. The summed E-state index contributed by atoms with van der Waals surface area (Å²) >= 11 is 9.25. The Labute approximate surface area is 97.6 Å². The van der Waals surface area contributed by atoms with Crippen LogP contribution in [-0.4, -0.2) is 35.5 Å². The zero-order valence-corrected chi connectivity index (χ0v) is 10.9. The highest BCUT2D eigenvalue weighted by atomic mass is 79.9. The van der Waals surface area contributed by atoms with E-state index in [1.54, 1.807) is 0 Å². The van der Waals surface area contributed by atoms with E-state index >= 15 is 0 Å². The molecule has 0 amide bonds. The third kappa shape index (κ3) is 3.19. The maximum absolute atomic E-state index is 5.92.